The van der Waals surface area contributed by atoms with Crippen LogP contribution in [0.4, 0.5) is 4.39 Å². The summed E-state index contributed by atoms with van der Waals surface area (Å²) in [5.41, 5.74) is 3.15. The molecule has 34 heavy (non-hydrogen) atoms. The molecule has 0 aromatic heterocycles. The van der Waals surface area contributed by atoms with E-state index in [4.69, 9.17) is 0 Å². The highest BCUT2D eigenvalue weighted by molar-refractivity contribution is 7.89. The number of aryl methyl sites for hydroxylation is 3. The first-order valence-electron chi connectivity index (χ1n) is 11.5. The number of carbonyl (C=O) groups excluding carboxylic acids is 2. The number of carbonyl (C=O) groups is 2. The molecule has 2 aromatic carbocycles. The summed E-state index contributed by atoms with van der Waals surface area (Å²) in [7, 11) is -3.68. The molecule has 7 nitrogen and oxygen atoms in total. The third-order valence-electron chi connectivity index (χ3n) is 6.08. The van der Waals surface area contributed by atoms with E-state index in [1.165, 1.54) is 24.3 Å². The van der Waals surface area contributed by atoms with E-state index >= 15 is 0 Å². The van der Waals surface area contributed by atoms with E-state index in [0.717, 1.165) is 29.5 Å². The van der Waals surface area contributed by atoms with Crippen molar-refractivity contribution in [3.63, 3.8) is 0 Å². The number of benzene rings is 2. The second-order valence-corrected chi connectivity index (χ2v) is 10.7. The Morgan fingerprint density at radius 3 is 2.26 bits per heavy atom. The van der Waals surface area contributed by atoms with E-state index in [1.807, 2.05) is 32.9 Å². The molecule has 0 bridgehead atoms. The smallest absolute Gasteiger partial charge is 0.309 e. The topological polar surface area (TPSA) is 95.6 Å². The van der Waals surface area contributed by atoms with Crippen LogP contribution in [0.2, 0.25) is 0 Å². The molecule has 1 saturated heterocycles. The predicted molar refractivity (Wildman–Crippen MR) is 128 cm³/mol. The Hall–Kier alpha value is -2.78. The molecule has 1 aliphatic rings. The zero-order valence-electron chi connectivity index (χ0n) is 19.9. The minimum atomic E-state index is -3.68. The molecule has 1 atom stereocenters. The second kappa shape index (κ2) is 11.1. The molecule has 1 unspecified atom stereocenters. The van der Waals surface area contributed by atoms with Gasteiger partial charge in [0.15, 0.2) is 0 Å². The molecule has 1 aliphatic heterocycles. The van der Waals surface area contributed by atoms with Gasteiger partial charge in [-0.25, -0.2) is 12.8 Å². The van der Waals surface area contributed by atoms with E-state index in [0.29, 0.717) is 29.8 Å². The van der Waals surface area contributed by atoms with Crippen LogP contribution in [0.3, 0.4) is 0 Å². The molecular weight excluding hydrogens is 457 g/mol. The number of halogens is 1. The van der Waals surface area contributed by atoms with Crippen LogP contribution in [0.25, 0.3) is 0 Å². The summed E-state index contributed by atoms with van der Waals surface area (Å²) in [6, 6.07) is 9.14. The molecule has 184 valence electrons. The first-order chi connectivity index (χ1) is 16.1. The summed E-state index contributed by atoms with van der Waals surface area (Å²) in [6.07, 6.45) is 2.82. The van der Waals surface area contributed by atoms with Gasteiger partial charge in [-0.1, -0.05) is 36.2 Å². The van der Waals surface area contributed by atoms with Gasteiger partial charge in [-0.15, -0.1) is 0 Å². The number of nitrogens with zero attached hydrogens (tertiary/aromatic N) is 1. The van der Waals surface area contributed by atoms with E-state index in [1.54, 1.807) is 4.31 Å². The van der Waals surface area contributed by atoms with Crippen LogP contribution >= 0.6 is 0 Å². The lowest BCUT2D eigenvalue weighted by atomic mass is 10.0. The number of sulfonamides is 1. The number of amides is 2. The van der Waals surface area contributed by atoms with Gasteiger partial charge in [-0.2, -0.15) is 4.31 Å². The summed E-state index contributed by atoms with van der Waals surface area (Å²) >= 11 is 0. The average Bonchev–Trinajstić information content (AvgIpc) is 2.77. The number of hydrogen-bond donors (Lipinski definition) is 2. The quantitative estimate of drug-likeness (QED) is 0.584. The molecule has 9 heteroatoms. The number of hydrogen-bond acceptors (Lipinski definition) is 4. The molecule has 3 rings (SSSR count). The summed E-state index contributed by atoms with van der Waals surface area (Å²) in [4.78, 5) is 24.6. The van der Waals surface area contributed by atoms with Crippen molar-refractivity contribution in [2.75, 3.05) is 13.1 Å². The van der Waals surface area contributed by atoms with Crippen LogP contribution in [-0.2, 0) is 26.2 Å². The van der Waals surface area contributed by atoms with Crippen LogP contribution in [0.1, 0.15) is 47.9 Å². The van der Waals surface area contributed by atoms with Crippen molar-refractivity contribution in [1.29, 1.82) is 0 Å². The molecule has 0 spiro atoms. The van der Waals surface area contributed by atoms with Crippen molar-refractivity contribution in [1.82, 2.24) is 14.9 Å². The maximum Gasteiger partial charge on any atom is 0.309 e. The highest BCUT2D eigenvalue weighted by Crippen LogP contribution is 2.31. The van der Waals surface area contributed by atoms with E-state index in [2.05, 4.69) is 10.6 Å². The summed E-state index contributed by atoms with van der Waals surface area (Å²) in [5, 5.41) is 5.08. The average molecular weight is 490 g/mol. The van der Waals surface area contributed by atoms with Crippen molar-refractivity contribution in [2.45, 2.75) is 63.9 Å². The van der Waals surface area contributed by atoms with Gasteiger partial charge in [0.1, 0.15) is 5.82 Å². The molecule has 0 saturated carbocycles. The Morgan fingerprint density at radius 2 is 1.62 bits per heavy atom. The Balaban J connectivity index is 1.58. The van der Waals surface area contributed by atoms with Crippen molar-refractivity contribution in [3.8, 4) is 0 Å². The lowest BCUT2D eigenvalue weighted by Crippen LogP contribution is -2.46. The zero-order valence-corrected chi connectivity index (χ0v) is 20.7. The van der Waals surface area contributed by atoms with Crippen molar-refractivity contribution in [3.05, 3.63) is 64.5 Å². The van der Waals surface area contributed by atoms with Gasteiger partial charge in [0.25, 0.3) is 0 Å². The lowest BCUT2D eigenvalue weighted by molar-refractivity contribution is -0.139. The van der Waals surface area contributed by atoms with Crippen LogP contribution in [-0.4, -0.2) is 43.7 Å². The fraction of sp³-hybridized carbons (Fsp3) is 0.440. The van der Waals surface area contributed by atoms with Crippen LogP contribution in [0.5, 0.6) is 0 Å². The van der Waals surface area contributed by atoms with Gasteiger partial charge in [-0.05, 0) is 68.9 Å². The normalized spacial score (nSPS) is 16.8. The van der Waals surface area contributed by atoms with Crippen molar-refractivity contribution >= 4 is 21.8 Å². The van der Waals surface area contributed by atoms with Gasteiger partial charge >= 0.3 is 11.8 Å². The molecule has 0 aliphatic carbocycles. The fourth-order valence-electron chi connectivity index (χ4n) is 4.57. The second-order valence-electron chi connectivity index (χ2n) is 8.85. The fourth-order valence-corrected chi connectivity index (χ4v) is 6.71. The van der Waals surface area contributed by atoms with Gasteiger partial charge in [-0.3, -0.25) is 9.59 Å². The van der Waals surface area contributed by atoms with Crippen molar-refractivity contribution < 1.29 is 22.4 Å². The summed E-state index contributed by atoms with van der Waals surface area (Å²) in [5.74, 6) is -1.94. The third kappa shape index (κ3) is 6.21. The largest absolute Gasteiger partial charge is 0.348 e. The Morgan fingerprint density at radius 1 is 1.00 bits per heavy atom. The number of nitrogens with one attached hydrogen (secondary N) is 2. The lowest BCUT2D eigenvalue weighted by Gasteiger charge is -2.35. The van der Waals surface area contributed by atoms with Gasteiger partial charge in [0.2, 0.25) is 10.0 Å². The first kappa shape index (κ1) is 25.8. The minimum absolute atomic E-state index is 0.108. The predicted octanol–water partition coefficient (Wildman–Crippen LogP) is 3.12. The maximum atomic E-state index is 13.5. The monoisotopic (exact) mass is 489 g/mol. The molecule has 0 radical (unpaired) electrons. The third-order valence-corrected chi connectivity index (χ3v) is 8.34. The van der Waals surface area contributed by atoms with Crippen LogP contribution < -0.4 is 10.6 Å². The summed E-state index contributed by atoms with van der Waals surface area (Å²) < 4.78 is 41.6. The zero-order chi connectivity index (χ0) is 24.9. The Kier molecular flexibility index (Phi) is 8.43. The standard InChI is InChI=1S/C25H32FN3O4S/c1-17-14-18(2)23(19(3)15-17)34(32,33)29-13-5-4-6-22(29)11-12-27-24(30)25(31)28-16-20-7-9-21(26)10-8-20/h7-10,14-15,22H,4-6,11-13,16H2,1-3H3,(H,27,30)(H,28,31). The molecule has 1 heterocycles. The maximum absolute atomic E-state index is 13.5. The van der Waals surface area contributed by atoms with Crippen LogP contribution in [0, 0.1) is 26.6 Å². The summed E-state index contributed by atoms with van der Waals surface area (Å²) in [6.45, 7) is 6.31. The van der Waals surface area contributed by atoms with Gasteiger partial charge < -0.3 is 10.6 Å². The first-order valence-corrected chi connectivity index (χ1v) is 12.9. The highest BCUT2D eigenvalue weighted by atomic mass is 32.2. The van der Waals surface area contributed by atoms with E-state index in [-0.39, 0.29) is 24.9 Å². The van der Waals surface area contributed by atoms with E-state index in [9.17, 15) is 22.4 Å². The molecule has 2 N–H and O–H groups in total. The number of rotatable bonds is 7. The molecule has 1 fully saturated rings. The van der Waals surface area contributed by atoms with Crippen molar-refractivity contribution in [2.24, 2.45) is 0 Å². The van der Waals surface area contributed by atoms with Gasteiger partial charge in [0, 0.05) is 25.7 Å². The number of piperidine rings is 1. The van der Waals surface area contributed by atoms with Gasteiger partial charge in [0.05, 0.1) is 4.90 Å². The van der Waals surface area contributed by atoms with Crippen LogP contribution in [0.15, 0.2) is 41.3 Å². The molecule has 2 amide bonds. The highest BCUT2D eigenvalue weighted by Gasteiger charge is 2.35. The Labute approximate surface area is 200 Å². The molecule has 2 aromatic rings. The molecular formula is C25H32FN3O4S. The SMILES string of the molecule is Cc1cc(C)c(S(=O)(=O)N2CCCCC2CCNC(=O)C(=O)NCc2ccc(F)cc2)c(C)c1. The van der Waals surface area contributed by atoms with E-state index < -0.39 is 21.8 Å². The Bertz CT molecular complexity index is 1130. The minimum Gasteiger partial charge on any atom is -0.348 e.